The molecule has 0 amide bonds. The van der Waals surface area contributed by atoms with Gasteiger partial charge in [0.15, 0.2) is 0 Å². The summed E-state index contributed by atoms with van der Waals surface area (Å²) in [5.74, 6) is 0. The molecule has 1 fully saturated rings. The first kappa shape index (κ1) is 11.0. The first-order valence-corrected chi connectivity index (χ1v) is 5.33. The molecule has 1 rings (SSSR count). The summed E-state index contributed by atoms with van der Waals surface area (Å²) in [6.45, 7) is 8.51. The molecule has 0 radical (unpaired) electrons. The van der Waals surface area contributed by atoms with E-state index in [1.807, 2.05) is 0 Å². The molecule has 1 heterocycles. The fraction of sp³-hybridized carbons (Fsp3) is 1.00. The van der Waals surface area contributed by atoms with Gasteiger partial charge in [-0.2, -0.15) is 0 Å². The molecule has 0 aromatic heterocycles. The smallest absolute Gasteiger partial charge is 0.0598 e. The molecule has 0 bridgehead atoms. The summed E-state index contributed by atoms with van der Waals surface area (Å²) in [7, 11) is 2.22. The van der Waals surface area contributed by atoms with Gasteiger partial charge in [-0.3, -0.25) is 0 Å². The highest BCUT2D eigenvalue weighted by molar-refractivity contribution is 4.76. The van der Waals surface area contributed by atoms with E-state index < -0.39 is 0 Å². The van der Waals surface area contributed by atoms with Gasteiger partial charge >= 0.3 is 0 Å². The number of ether oxygens (including phenoxy) is 1. The molecule has 0 aromatic carbocycles. The SMILES string of the molecule is CN1CCC[C@H]1CCOC(C)(C)C. The van der Waals surface area contributed by atoms with Crippen LogP contribution in [0.5, 0.6) is 0 Å². The van der Waals surface area contributed by atoms with Crippen LogP contribution in [0, 0.1) is 0 Å². The molecule has 0 aromatic rings. The van der Waals surface area contributed by atoms with E-state index in [2.05, 4.69) is 32.7 Å². The minimum atomic E-state index is 0.0250. The van der Waals surface area contributed by atoms with Crippen LogP contribution in [0.1, 0.15) is 40.0 Å². The van der Waals surface area contributed by atoms with E-state index in [1.165, 1.54) is 25.8 Å². The Morgan fingerprint density at radius 3 is 2.54 bits per heavy atom. The van der Waals surface area contributed by atoms with Crippen molar-refractivity contribution in [2.75, 3.05) is 20.2 Å². The molecule has 0 saturated carbocycles. The van der Waals surface area contributed by atoms with Crippen LogP contribution in [0.15, 0.2) is 0 Å². The average Bonchev–Trinajstić information content (AvgIpc) is 2.34. The summed E-state index contributed by atoms with van der Waals surface area (Å²) in [5, 5.41) is 0. The summed E-state index contributed by atoms with van der Waals surface area (Å²) >= 11 is 0. The van der Waals surface area contributed by atoms with Gasteiger partial charge in [0, 0.05) is 12.6 Å². The molecule has 0 aliphatic carbocycles. The predicted octanol–water partition coefficient (Wildman–Crippen LogP) is 2.29. The quantitative estimate of drug-likeness (QED) is 0.669. The number of likely N-dealkylation sites (tertiary alicyclic amines) is 1. The van der Waals surface area contributed by atoms with Gasteiger partial charge in [0.1, 0.15) is 0 Å². The van der Waals surface area contributed by atoms with Crippen molar-refractivity contribution in [2.45, 2.75) is 51.7 Å². The van der Waals surface area contributed by atoms with Crippen molar-refractivity contribution < 1.29 is 4.74 Å². The van der Waals surface area contributed by atoms with Crippen LogP contribution >= 0.6 is 0 Å². The molecule has 1 aliphatic rings. The number of nitrogens with zero attached hydrogens (tertiary/aromatic N) is 1. The Bertz CT molecular complexity index is 151. The first-order chi connectivity index (χ1) is 5.99. The van der Waals surface area contributed by atoms with E-state index in [0.29, 0.717) is 0 Å². The highest BCUT2D eigenvalue weighted by Crippen LogP contribution is 2.18. The molecule has 1 atom stereocenters. The standard InChI is InChI=1S/C11H23NO/c1-11(2,3)13-9-7-10-6-5-8-12(10)4/h10H,5-9H2,1-4H3/t10-/m0/s1. The van der Waals surface area contributed by atoms with Crippen LogP contribution < -0.4 is 0 Å². The van der Waals surface area contributed by atoms with Crippen LogP contribution in [0.3, 0.4) is 0 Å². The highest BCUT2D eigenvalue weighted by Gasteiger charge is 2.21. The van der Waals surface area contributed by atoms with E-state index in [0.717, 1.165) is 12.6 Å². The second-order valence-corrected chi connectivity index (χ2v) is 5.03. The van der Waals surface area contributed by atoms with Crippen LogP contribution in [0.2, 0.25) is 0 Å². The Hall–Kier alpha value is -0.0800. The Labute approximate surface area is 82.3 Å². The van der Waals surface area contributed by atoms with E-state index in [-0.39, 0.29) is 5.60 Å². The molecular formula is C11H23NO. The van der Waals surface area contributed by atoms with Gasteiger partial charge in [-0.25, -0.2) is 0 Å². The number of hydrogen-bond acceptors (Lipinski definition) is 2. The monoisotopic (exact) mass is 185 g/mol. The first-order valence-electron chi connectivity index (χ1n) is 5.33. The van der Waals surface area contributed by atoms with Gasteiger partial charge in [0.2, 0.25) is 0 Å². The second-order valence-electron chi connectivity index (χ2n) is 5.03. The lowest BCUT2D eigenvalue weighted by Gasteiger charge is -2.23. The fourth-order valence-corrected chi connectivity index (χ4v) is 1.85. The number of rotatable bonds is 3. The van der Waals surface area contributed by atoms with Gasteiger partial charge in [0.25, 0.3) is 0 Å². The molecule has 2 heteroatoms. The third kappa shape index (κ3) is 4.10. The van der Waals surface area contributed by atoms with Crippen LogP contribution in [0.25, 0.3) is 0 Å². The summed E-state index contributed by atoms with van der Waals surface area (Å²) < 4.78 is 5.71. The lowest BCUT2D eigenvalue weighted by molar-refractivity contribution is -0.0102. The van der Waals surface area contributed by atoms with Crippen LogP contribution in [0.4, 0.5) is 0 Å². The third-order valence-electron chi connectivity index (χ3n) is 2.66. The third-order valence-corrected chi connectivity index (χ3v) is 2.66. The zero-order chi connectivity index (χ0) is 9.90. The molecule has 1 saturated heterocycles. The Morgan fingerprint density at radius 1 is 1.38 bits per heavy atom. The fourth-order valence-electron chi connectivity index (χ4n) is 1.85. The lowest BCUT2D eigenvalue weighted by Crippen LogP contribution is -2.28. The summed E-state index contributed by atoms with van der Waals surface area (Å²) in [6.07, 6.45) is 3.90. The molecule has 1 aliphatic heterocycles. The van der Waals surface area contributed by atoms with Crippen LogP contribution in [-0.4, -0.2) is 36.7 Å². The molecule has 0 spiro atoms. The Morgan fingerprint density at radius 2 is 2.08 bits per heavy atom. The van der Waals surface area contributed by atoms with Crippen molar-refractivity contribution in [1.82, 2.24) is 4.90 Å². The molecule has 0 N–H and O–H groups in total. The summed E-state index contributed by atoms with van der Waals surface area (Å²) in [4.78, 5) is 2.45. The normalized spacial score (nSPS) is 25.4. The molecule has 13 heavy (non-hydrogen) atoms. The second kappa shape index (κ2) is 4.43. The minimum Gasteiger partial charge on any atom is -0.376 e. The zero-order valence-corrected chi connectivity index (χ0v) is 9.47. The maximum Gasteiger partial charge on any atom is 0.0598 e. The maximum atomic E-state index is 5.71. The molecule has 2 nitrogen and oxygen atoms in total. The lowest BCUT2D eigenvalue weighted by atomic mass is 10.1. The van der Waals surface area contributed by atoms with E-state index >= 15 is 0 Å². The zero-order valence-electron chi connectivity index (χ0n) is 9.47. The predicted molar refractivity (Wildman–Crippen MR) is 56.0 cm³/mol. The minimum absolute atomic E-state index is 0.0250. The van der Waals surface area contributed by atoms with Crippen molar-refractivity contribution >= 4 is 0 Å². The van der Waals surface area contributed by atoms with Gasteiger partial charge < -0.3 is 9.64 Å². The van der Waals surface area contributed by atoms with Crippen molar-refractivity contribution in [3.63, 3.8) is 0 Å². The molecule has 78 valence electrons. The van der Waals surface area contributed by atoms with Crippen molar-refractivity contribution in [2.24, 2.45) is 0 Å². The molecule has 0 unspecified atom stereocenters. The Kier molecular flexibility index (Phi) is 3.74. The topological polar surface area (TPSA) is 12.5 Å². The van der Waals surface area contributed by atoms with Crippen LogP contribution in [-0.2, 0) is 4.74 Å². The van der Waals surface area contributed by atoms with Gasteiger partial charge in [0.05, 0.1) is 5.60 Å². The van der Waals surface area contributed by atoms with E-state index in [1.54, 1.807) is 0 Å². The van der Waals surface area contributed by atoms with Crippen molar-refractivity contribution in [1.29, 1.82) is 0 Å². The summed E-state index contributed by atoms with van der Waals surface area (Å²) in [6, 6.07) is 0.766. The maximum absolute atomic E-state index is 5.71. The van der Waals surface area contributed by atoms with Gasteiger partial charge in [-0.05, 0) is 53.6 Å². The Balaban J connectivity index is 2.12. The number of hydrogen-bond donors (Lipinski definition) is 0. The average molecular weight is 185 g/mol. The summed E-state index contributed by atoms with van der Waals surface area (Å²) in [5.41, 5.74) is 0.0250. The largest absolute Gasteiger partial charge is 0.376 e. The molecular weight excluding hydrogens is 162 g/mol. The van der Waals surface area contributed by atoms with Crippen molar-refractivity contribution in [3.8, 4) is 0 Å². The highest BCUT2D eigenvalue weighted by atomic mass is 16.5. The van der Waals surface area contributed by atoms with E-state index in [4.69, 9.17) is 4.74 Å². The van der Waals surface area contributed by atoms with Gasteiger partial charge in [-0.1, -0.05) is 0 Å². The van der Waals surface area contributed by atoms with E-state index in [9.17, 15) is 0 Å². The van der Waals surface area contributed by atoms with Crippen molar-refractivity contribution in [3.05, 3.63) is 0 Å². The van der Waals surface area contributed by atoms with Gasteiger partial charge in [-0.15, -0.1) is 0 Å².